The fourth-order valence-electron chi connectivity index (χ4n) is 2.17. The second kappa shape index (κ2) is 5.01. The van der Waals surface area contributed by atoms with Gasteiger partial charge in [-0.15, -0.1) is 11.6 Å². The summed E-state index contributed by atoms with van der Waals surface area (Å²) in [6.07, 6.45) is 8.04. The summed E-state index contributed by atoms with van der Waals surface area (Å²) in [5, 5.41) is 0. The van der Waals surface area contributed by atoms with Gasteiger partial charge >= 0.3 is 0 Å². The van der Waals surface area contributed by atoms with Gasteiger partial charge in [0.15, 0.2) is 0 Å². The average Bonchev–Trinajstić information content (AvgIpc) is 2.96. The second-order valence-corrected chi connectivity index (χ2v) is 4.75. The van der Waals surface area contributed by atoms with Gasteiger partial charge in [-0.05, 0) is 6.07 Å². The van der Waals surface area contributed by atoms with E-state index in [1.54, 1.807) is 18.6 Å². The van der Waals surface area contributed by atoms with E-state index >= 15 is 0 Å². The van der Waals surface area contributed by atoms with Crippen molar-refractivity contribution in [2.24, 2.45) is 7.05 Å². The Morgan fingerprint density at radius 2 is 2.16 bits per heavy atom. The number of nitrogens with zero attached hydrogens (tertiary/aromatic N) is 5. The van der Waals surface area contributed by atoms with E-state index in [0.29, 0.717) is 12.4 Å². The van der Waals surface area contributed by atoms with Gasteiger partial charge in [0.05, 0.1) is 18.3 Å². The summed E-state index contributed by atoms with van der Waals surface area (Å²) >= 11 is 5.86. The molecule has 6 heteroatoms. The van der Waals surface area contributed by atoms with Crippen molar-refractivity contribution in [1.29, 1.82) is 0 Å². The van der Waals surface area contributed by atoms with Gasteiger partial charge in [0.25, 0.3) is 0 Å². The Labute approximate surface area is 115 Å². The lowest BCUT2D eigenvalue weighted by Gasteiger charge is -2.08. The van der Waals surface area contributed by atoms with Gasteiger partial charge in [0.1, 0.15) is 17.2 Å². The Hall–Kier alpha value is -1.88. The zero-order valence-corrected chi connectivity index (χ0v) is 11.4. The number of hydrogen-bond acceptors (Lipinski definition) is 3. The fraction of sp³-hybridized carbons (Fsp3) is 0.308. The van der Waals surface area contributed by atoms with Crippen LogP contribution in [0.1, 0.15) is 11.6 Å². The van der Waals surface area contributed by atoms with E-state index in [0.717, 1.165) is 29.1 Å². The molecule has 0 aliphatic carbocycles. The minimum absolute atomic E-state index is 0.553. The molecular weight excluding hydrogens is 262 g/mol. The molecule has 19 heavy (non-hydrogen) atoms. The Morgan fingerprint density at radius 1 is 1.26 bits per heavy atom. The van der Waals surface area contributed by atoms with Crippen LogP contribution in [0.5, 0.6) is 0 Å². The first kappa shape index (κ1) is 12.2. The lowest BCUT2D eigenvalue weighted by molar-refractivity contribution is 0.682. The van der Waals surface area contributed by atoms with E-state index in [2.05, 4.69) is 19.5 Å². The van der Waals surface area contributed by atoms with Crippen molar-refractivity contribution in [2.75, 3.05) is 5.88 Å². The molecule has 0 radical (unpaired) electrons. The third kappa shape index (κ3) is 2.21. The number of aromatic nitrogens is 5. The minimum atomic E-state index is 0.553. The fourth-order valence-corrected chi connectivity index (χ4v) is 2.34. The summed E-state index contributed by atoms with van der Waals surface area (Å²) in [5.74, 6) is 2.52. The third-order valence-corrected chi connectivity index (χ3v) is 3.36. The second-order valence-electron chi connectivity index (χ2n) is 4.37. The first-order valence-electron chi connectivity index (χ1n) is 6.11. The highest BCUT2D eigenvalue weighted by atomic mass is 35.5. The number of rotatable bonds is 4. The normalized spacial score (nSPS) is 11.3. The van der Waals surface area contributed by atoms with Crippen LogP contribution in [0.3, 0.4) is 0 Å². The van der Waals surface area contributed by atoms with E-state index in [1.165, 1.54) is 0 Å². The molecule has 3 aromatic heterocycles. The molecule has 3 heterocycles. The number of aryl methyl sites for hydroxylation is 2. The molecule has 0 saturated heterocycles. The molecule has 0 amide bonds. The Kier molecular flexibility index (Phi) is 3.21. The maximum Gasteiger partial charge on any atom is 0.128 e. The summed E-state index contributed by atoms with van der Waals surface area (Å²) in [6, 6.07) is 1.98. The van der Waals surface area contributed by atoms with Crippen LogP contribution in [0, 0.1) is 0 Å². The standard InChI is InChI=1S/C13H14ClN5/c1-18-7-6-16-13(18)9-19-11-3-5-15-8-10(11)17-12(19)2-4-14/h3,5-8H,2,4,9H2,1H3. The predicted molar refractivity (Wildman–Crippen MR) is 74.3 cm³/mol. The lowest BCUT2D eigenvalue weighted by atomic mass is 10.4. The number of imidazole rings is 2. The monoisotopic (exact) mass is 275 g/mol. The van der Waals surface area contributed by atoms with Crippen molar-refractivity contribution < 1.29 is 0 Å². The molecule has 0 aliphatic heterocycles. The van der Waals surface area contributed by atoms with Gasteiger partial charge in [-0.2, -0.15) is 0 Å². The van der Waals surface area contributed by atoms with Crippen LogP contribution in [-0.2, 0) is 20.0 Å². The first-order chi connectivity index (χ1) is 9.29. The SMILES string of the molecule is Cn1ccnc1Cn1c(CCCl)nc2cnccc21. The van der Waals surface area contributed by atoms with Gasteiger partial charge < -0.3 is 9.13 Å². The highest BCUT2D eigenvalue weighted by Crippen LogP contribution is 2.17. The van der Waals surface area contributed by atoms with Crippen molar-refractivity contribution in [3.8, 4) is 0 Å². The Balaban J connectivity index is 2.09. The van der Waals surface area contributed by atoms with E-state index in [4.69, 9.17) is 11.6 Å². The van der Waals surface area contributed by atoms with Gasteiger partial charge in [-0.3, -0.25) is 4.98 Å². The quantitative estimate of drug-likeness (QED) is 0.684. The molecule has 0 spiro atoms. The number of halogens is 1. The lowest BCUT2D eigenvalue weighted by Crippen LogP contribution is -2.09. The van der Waals surface area contributed by atoms with Crippen molar-refractivity contribution in [2.45, 2.75) is 13.0 Å². The molecule has 0 N–H and O–H groups in total. The van der Waals surface area contributed by atoms with Gasteiger partial charge in [0, 0.05) is 37.9 Å². The van der Waals surface area contributed by atoms with Crippen LogP contribution in [-0.4, -0.2) is 30.0 Å². The highest BCUT2D eigenvalue weighted by Gasteiger charge is 2.12. The number of fused-ring (bicyclic) bond motifs is 1. The van der Waals surface area contributed by atoms with Crippen LogP contribution in [0.4, 0.5) is 0 Å². The maximum absolute atomic E-state index is 5.86. The van der Waals surface area contributed by atoms with Crippen LogP contribution >= 0.6 is 11.6 Å². The van der Waals surface area contributed by atoms with E-state index in [-0.39, 0.29) is 0 Å². The summed E-state index contributed by atoms with van der Waals surface area (Å²) in [4.78, 5) is 13.1. The van der Waals surface area contributed by atoms with E-state index in [1.807, 2.05) is 23.9 Å². The summed E-state index contributed by atoms with van der Waals surface area (Å²) in [7, 11) is 1.99. The van der Waals surface area contributed by atoms with Crippen molar-refractivity contribution >= 4 is 22.6 Å². The molecule has 0 fully saturated rings. The van der Waals surface area contributed by atoms with Crippen LogP contribution in [0.2, 0.25) is 0 Å². The number of pyridine rings is 1. The van der Waals surface area contributed by atoms with Crippen molar-refractivity contribution in [3.63, 3.8) is 0 Å². The Bertz CT molecular complexity index is 700. The van der Waals surface area contributed by atoms with E-state index in [9.17, 15) is 0 Å². The highest BCUT2D eigenvalue weighted by molar-refractivity contribution is 6.17. The maximum atomic E-state index is 5.86. The average molecular weight is 276 g/mol. The first-order valence-corrected chi connectivity index (χ1v) is 6.64. The zero-order valence-electron chi connectivity index (χ0n) is 10.6. The van der Waals surface area contributed by atoms with Gasteiger partial charge in [-0.1, -0.05) is 0 Å². The van der Waals surface area contributed by atoms with Crippen molar-refractivity contribution in [1.82, 2.24) is 24.1 Å². The van der Waals surface area contributed by atoms with Crippen LogP contribution in [0.15, 0.2) is 30.9 Å². The molecule has 98 valence electrons. The molecule has 3 rings (SSSR count). The van der Waals surface area contributed by atoms with Crippen molar-refractivity contribution in [3.05, 3.63) is 42.5 Å². The summed E-state index contributed by atoms with van der Waals surface area (Å²) in [5.41, 5.74) is 1.97. The molecule has 0 aliphatic rings. The van der Waals surface area contributed by atoms with E-state index < -0.39 is 0 Å². The minimum Gasteiger partial charge on any atom is -0.337 e. The summed E-state index contributed by atoms with van der Waals surface area (Å²) in [6.45, 7) is 0.691. The molecule has 0 saturated carbocycles. The molecule has 0 bridgehead atoms. The van der Waals surface area contributed by atoms with Gasteiger partial charge in [-0.25, -0.2) is 9.97 Å². The smallest absolute Gasteiger partial charge is 0.128 e. The number of hydrogen-bond donors (Lipinski definition) is 0. The molecule has 0 aromatic carbocycles. The molecule has 3 aromatic rings. The topological polar surface area (TPSA) is 48.5 Å². The van der Waals surface area contributed by atoms with Crippen LogP contribution in [0.25, 0.3) is 11.0 Å². The molecule has 5 nitrogen and oxygen atoms in total. The van der Waals surface area contributed by atoms with Gasteiger partial charge in [0.2, 0.25) is 0 Å². The molecule has 0 unspecified atom stereocenters. The summed E-state index contributed by atoms with van der Waals surface area (Å²) < 4.78 is 4.17. The third-order valence-electron chi connectivity index (χ3n) is 3.17. The van der Waals surface area contributed by atoms with Crippen LogP contribution < -0.4 is 0 Å². The Morgan fingerprint density at radius 3 is 2.89 bits per heavy atom. The zero-order chi connectivity index (χ0) is 13.2. The predicted octanol–water partition coefficient (Wildman–Crippen LogP) is 1.99. The molecule has 0 atom stereocenters. The number of alkyl halides is 1. The molecular formula is C13H14ClN5. The largest absolute Gasteiger partial charge is 0.337 e.